The molecule has 0 spiro atoms. The summed E-state index contributed by atoms with van der Waals surface area (Å²) in [7, 11) is 0. The van der Waals surface area contributed by atoms with Crippen molar-refractivity contribution in [1.82, 2.24) is 9.88 Å². The van der Waals surface area contributed by atoms with Gasteiger partial charge in [-0.2, -0.15) is 0 Å². The van der Waals surface area contributed by atoms with Gasteiger partial charge in [-0.25, -0.2) is 9.78 Å². The standard InChI is InChI=1S/C29H28Cl2N2O3/c1-18-11-13-33(14-12-18)26(34)17-36-29(35)27-21-6-2-3-8-25(21)32-28-20(5-4-7-22(27)28)15-19-9-10-23(30)24(31)16-19/h2-3,6,8-10,15-16,18H,4-5,7,11-14,17H2,1H3. The maximum atomic E-state index is 13.4. The van der Waals surface area contributed by atoms with Crippen LogP contribution in [-0.2, 0) is 16.0 Å². The van der Waals surface area contributed by atoms with E-state index in [1.54, 1.807) is 11.0 Å². The number of para-hydroxylation sites is 1. The molecule has 1 aliphatic carbocycles. The summed E-state index contributed by atoms with van der Waals surface area (Å²) in [5.41, 5.74) is 4.86. The molecule has 0 saturated carbocycles. The number of halogens is 2. The first kappa shape index (κ1) is 24.8. The molecule has 5 nitrogen and oxygen atoms in total. The number of benzene rings is 2. The second-order valence-corrected chi connectivity index (χ2v) is 10.5. The lowest BCUT2D eigenvalue weighted by atomic mass is 9.86. The number of ether oxygens (including phenoxy) is 1. The summed E-state index contributed by atoms with van der Waals surface area (Å²) in [6.45, 7) is 3.39. The van der Waals surface area contributed by atoms with Crippen LogP contribution in [0.2, 0.25) is 10.0 Å². The van der Waals surface area contributed by atoms with Gasteiger partial charge in [0, 0.05) is 18.5 Å². The highest BCUT2D eigenvalue weighted by Gasteiger charge is 2.27. The number of esters is 1. The Bertz CT molecular complexity index is 1360. The minimum absolute atomic E-state index is 0.136. The Morgan fingerprint density at radius 2 is 1.86 bits per heavy atom. The van der Waals surface area contributed by atoms with Crippen molar-refractivity contribution in [2.75, 3.05) is 19.7 Å². The zero-order chi connectivity index (χ0) is 25.2. The monoisotopic (exact) mass is 522 g/mol. The van der Waals surface area contributed by atoms with Crippen LogP contribution in [0.15, 0.2) is 42.5 Å². The van der Waals surface area contributed by atoms with Gasteiger partial charge >= 0.3 is 5.97 Å². The van der Waals surface area contributed by atoms with Gasteiger partial charge in [0.1, 0.15) is 0 Å². The predicted molar refractivity (Wildman–Crippen MR) is 144 cm³/mol. The predicted octanol–water partition coefficient (Wildman–Crippen LogP) is 6.83. The van der Waals surface area contributed by atoms with Gasteiger partial charge in [0.05, 0.1) is 26.8 Å². The summed E-state index contributed by atoms with van der Waals surface area (Å²) >= 11 is 12.3. The van der Waals surface area contributed by atoms with E-state index in [0.717, 1.165) is 59.0 Å². The summed E-state index contributed by atoms with van der Waals surface area (Å²) in [5, 5.41) is 1.74. The fourth-order valence-electron chi connectivity index (χ4n) is 5.06. The van der Waals surface area contributed by atoms with E-state index in [1.165, 1.54) is 0 Å². The van der Waals surface area contributed by atoms with Crippen molar-refractivity contribution in [2.24, 2.45) is 5.92 Å². The Kier molecular flexibility index (Phi) is 7.31. The summed E-state index contributed by atoms with van der Waals surface area (Å²) in [6, 6.07) is 13.1. The number of carbonyl (C=O) groups excluding carboxylic acids is 2. The van der Waals surface area contributed by atoms with Gasteiger partial charge in [0.2, 0.25) is 0 Å². The average molecular weight is 523 g/mol. The first-order valence-electron chi connectivity index (χ1n) is 12.4. The summed E-state index contributed by atoms with van der Waals surface area (Å²) in [6.07, 6.45) is 6.45. The third kappa shape index (κ3) is 5.14. The molecule has 3 aromatic rings. The molecule has 1 fully saturated rings. The highest BCUT2D eigenvalue weighted by molar-refractivity contribution is 6.42. The molecule has 0 atom stereocenters. The molecule has 5 rings (SSSR count). The van der Waals surface area contributed by atoms with Crippen molar-refractivity contribution in [3.8, 4) is 0 Å². The fourth-order valence-corrected chi connectivity index (χ4v) is 5.37. The van der Waals surface area contributed by atoms with Crippen LogP contribution in [0.5, 0.6) is 0 Å². The van der Waals surface area contributed by atoms with Crippen LogP contribution in [-0.4, -0.2) is 41.5 Å². The van der Waals surface area contributed by atoms with E-state index in [1.807, 2.05) is 36.4 Å². The molecule has 0 bridgehead atoms. The number of aromatic nitrogens is 1. The molecule has 7 heteroatoms. The molecule has 2 aromatic carbocycles. The molecule has 2 aliphatic rings. The maximum Gasteiger partial charge on any atom is 0.339 e. The Balaban J connectivity index is 1.48. The number of carbonyl (C=O) groups is 2. The van der Waals surface area contributed by atoms with Gasteiger partial charge in [-0.15, -0.1) is 0 Å². The van der Waals surface area contributed by atoms with Gasteiger partial charge < -0.3 is 9.64 Å². The number of fused-ring (bicyclic) bond motifs is 2. The second-order valence-electron chi connectivity index (χ2n) is 9.67. The normalized spacial score (nSPS) is 17.3. The highest BCUT2D eigenvalue weighted by Crippen LogP contribution is 2.37. The summed E-state index contributed by atoms with van der Waals surface area (Å²) in [5.74, 6) is 0.0134. The molecule has 1 amide bonds. The first-order chi connectivity index (χ1) is 17.4. The van der Waals surface area contributed by atoms with E-state index in [4.69, 9.17) is 32.9 Å². The minimum Gasteiger partial charge on any atom is -0.452 e. The van der Waals surface area contributed by atoms with Crippen molar-refractivity contribution in [3.63, 3.8) is 0 Å². The maximum absolute atomic E-state index is 13.4. The van der Waals surface area contributed by atoms with E-state index in [0.29, 0.717) is 41.0 Å². The van der Waals surface area contributed by atoms with Crippen LogP contribution < -0.4 is 0 Å². The number of pyridine rings is 1. The van der Waals surface area contributed by atoms with Crippen LogP contribution in [0.1, 0.15) is 59.8 Å². The highest BCUT2D eigenvalue weighted by atomic mass is 35.5. The smallest absolute Gasteiger partial charge is 0.339 e. The molecule has 1 aliphatic heterocycles. The molecular formula is C29H28Cl2N2O3. The number of hydrogen-bond acceptors (Lipinski definition) is 4. The van der Waals surface area contributed by atoms with Crippen LogP contribution in [0, 0.1) is 5.92 Å². The third-order valence-corrected chi connectivity index (χ3v) is 7.86. The van der Waals surface area contributed by atoms with E-state index < -0.39 is 5.97 Å². The van der Waals surface area contributed by atoms with Crippen molar-refractivity contribution >= 4 is 57.6 Å². The largest absolute Gasteiger partial charge is 0.452 e. The summed E-state index contributed by atoms with van der Waals surface area (Å²) in [4.78, 5) is 32.9. The number of nitrogens with zero attached hydrogens (tertiary/aromatic N) is 2. The van der Waals surface area contributed by atoms with Gasteiger partial charge in [-0.1, -0.05) is 54.4 Å². The number of rotatable bonds is 4. The molecule has 0 unspecified atom stereocenters. The van der Waals surface area contributed by atoms with Crippen molar-refractivity contribution in [1.29, 1.82) is 0 Å². The minimum atomic E-state index is -0.473. The van der Waals surface area contributed by atoms with Crippen LogP contribution in [0.3, 0.4) is 0 Å². The molecule has 1 aromatic heterocycles. The molecule has 36 heavy (non-hydrogen) atoms. The molecule has 0 N–H and O–H groups in total. The first-order valence-corrected chi connectivity index (χ1v) is 13.2. The van der Waals surface area contributed by atoms with Crippen molar-refractivity contribution < 1.29 is 14.3 Å². The van der Waals surface area contributed by atoms with E-state index >= 15 is 0 Å². The van der Waals surface area contributed by atoms with Gasteiger partial charge in [-0.3, -0.25) is 4.79 Å². The third-order valence-electron chi connectivity index (χ3n) is 7.12. The Morgan fingerprint density at radius 1 is 1.08 bits per heavy atom. The van der Waals surface area contributed by atoms with Gasteiger partial charge in [0.15, 0.2) is 6.61 Å². The van der Waals surface area contributed by atoms with Crippen molar-refractivity contribution in [3.05, 3.63) is 74.9 Å². The lowest BCUT2D eigenvalue weighted by Gasteiger charge is -2.30. The number of hydrogen-bond donors (Lipinski definition) is 0. The molecular weight excluding hydrogens is 495 g/mol. The number of likely N-dealkylation sites (tertiary alicyclic amines) is 1. The molecule has 186 valence electrons. The van der Waals surface area contributed by atoms with E-state index in [9.17, 15) is 9.59 Å². The number of piperidine rings is 1. The average Bonchev–Trinajstić information content (AvgIpc) is 2.88. The van der Waals surface area contributed by atoms with Crippen LogP contribution >= 0.6 is 23.2 Å². The number of amides is 1. The molecule has 0 radical (unpaired) electrons. The van der Waals surface area contributed by atoms with E-state index in [2.05, 4.69) is 13.0 Å². The van der Waals surface area contributed by atoms with Crippen molar-refractivity contribution in [2.45, 2.75) is 39.0 Å². The Morgan fingerprint density at radius 3 is 2.64 bits per heavy atom. The topological polar surface area (TPSA) is 59.5 Å². The second kappa shape index (κ2) is 10.6. The SMILES string of the molecule is CC1CCN(C(=O)COC(=O)c2c3c(nc4ccccc24)C(=Cc2ccc(Cl)c(Cl)c2)CCC3)CC1. The van der Waals surface area contributed by atoms with Gasteiger partial charge in [-0.05, 0) is 79.0 Å². The summed E-state index contributed by atoms with van der Waals surface area (Å²) < 4.78 is 5.62. The van der Waals surface area contributed by atoms with E-state index in [-0.39, 0.29) is 12.5 Å². The zero-order valence-electron chi connectivity index (χ0n) is 20.2. The van der Waals surface area contributed by atoms with Crippen LogP contribution in [0.25, 0.3) is 22.6 Å². The molecule has 2 heterocycles. The zero-order valence-corrected chi connectivity index (χ0v) is 21.7. The Labute approximate surface area is 221 Å². The van der Waals surface area contributed by atoms with Crippen LogP contribution in [0.4, 0.5) is 0 Å². The Hall–Kier alpha value is -2.89. The fraction of sp³-hybridized carbons (Fsp3) is 0.345. The lowest BCUT2D eigenvalue weighted by molar-refractivity contribution is -0.135. The molecule has 1 saturated heterocycles. The lowest BCUT2D eigenvalue weighted by Crippen LogP contribution is -2.40. The van der Waals surface area contributed by atoms with Gasteiger partial charge in [0.25, 0.3) is 5.91 Å². The quantitative estimate of drug-likeness (QED) is 0.352. The number of allylic oxidation sites excluding steroid dienone is 1.